The van der Waals surface area contributed by atoms with Crippen LogP contribution in [0.1, 0.15) is 19.3 Å². The van der Waals surface area contributed by atoms with Crippen LogP contribution in [0.5, 0.6) is 0 Å². The number of fused-ring (bicyclic) bond motifs is 2. The zero-order valence-corrected chi connectivity index (χ0v) is 9.87. The third-order valence-corrected chi connectivity index (χ3v) is 4.25. The molecule has 17 heavy (non-hydrogen) atoms. The highest BCUT2D eigenvalue weighted by Gasteiger charge is 2.45. The number of ketones is 2. The van der Waals surface area contributed by atoms with Gasteiger partial charge < -0.3 is 10.6 Å². The lowest BCUT2D eigenvalue weighted by molar-refractivity contribution is -0.141. The second-order valence-corrected chi connectivity index (χ2v) is 5.28. The molecular formula is C12H19N3O2. The molecule has 0 amide bonds. The summed E-state index contributed by atoms with van der Waals surface area (Å²) < 4.78 is 0. The van der Waals surface area contributed by atoms with Gasteiger partial charge in [-0.2, -0.15) is 0 Å². The number of piperidine rings is 2. The van der Waals surface area contributed by atoms with Crippen LogP contribution in [-0.4, -0.2) is 43.4 Å². The minimum absolute atomic E-state index is 0.00769. The molecule has 3 saturated heterocycles. The van der Waals surface area contributed by atoms with Gasteiger partial charge in [0.1, 0.15) is 0 Å². The van der Waals surface area contributed by atoms with Crippen LogP contribution in [0.25, 0.3) is 0 Å². The second kappa shape index (κ2) is 4.48. The van der Waals surface area contributed by atoms with E-state index in [-0.39, 0.29) is 35.6 Å². The van der Waals surface area contributed by atoms with Crippen LogP contribution in [-0.2, 0) is 9.59 Å². The molecule has 3 aliphatic heterocycles. The van der Waals surface area contributed by atoms with Gasteiger partial charge in [0.25, 0.3) is 0 Å². The van der Waals surface area contributed by atoms with Gasteiger partial charge in [-0.25, -0.2) is 0 Å². The maximum Gasteiger partial charge on any atom is 0.204 e. The minimum atomic E-state index is -0.163. The van der Waals surface area contributed by atoms with Gasteiger partial charge in [0.05, 0.1) is 18.0 Å². The molecule has 5 heteroatoms. The molecule has 0 saturated carbocycles. The van der Waals surface area contributed by atoms with Gasteiger partial charge in [-0.15, -0.1) is 0 Å². The molecule has 4 unspecified atom stereocenters. The van der Waals surface area contributed by atoms with Crippen LogP contribution in [0.4, 0.5) is 0 Å². The fourth-order valence-corrected chi connectivity index (χ4v) is 3.28. The van der Waals surface area contributed by atoms with Crippen molar-refractivity contribution in [1.82, 2.24) is 16.0 Å². The molecule has 0 aromatic carbocycles. The Balaban J connectivity index is 1.87. The predicted octanol–water partition coefficient (Wildman–Crippen LogP) is -0.968. The summed E-state index contributed by atoms with van der Waals surface area (Å²) in [6.07, 6.45) is 2.75. The smallest absolute Gasteiger partial charge is 0.204 e. The summed E-state index contributed by atoms with van der Waals surface area (Å²) in [6.45, 7) is 2.50. The highest BCUT2D eigenvalue weighted by molar-refractivity contribution is 6.39. The van der Waals surface area contributed by atoms with Gasteiger partial charge in [-0.05, 0) is 32.4 Å². The van der Waals surface area contributed by atoms with Crippen molar-refractivity contribution in [2.24, 2.45) is 11.8 Å². The Morgan fingerprint density at radius 1 is 1.00 bits per heavy atom. The summed E-state index contributed by atoms with van der Waals surface area (Å²) in [5.41, 5.74) is 0. The van der Waals surface area contributed by atoms with E-state index in [0.717, 1.165) is 32.4 Å². The standard InChI is InChI=1S/C12H19N3O2/c16-10-7-2-1-4-14-12(7)15-9-3-5-13-6-8(9)11(10)17/h7-9,12-15H,1-6H2. The molecule has 0 aromatic rings. The summed E-state index contributed by atoms with van der Waals surface area (Å²) >= 11 is 0. The topological polar surface area (TPSA) is 70.2 Å². The van der Waals surface area contributed by atoms with Crippen LogP contribution < -0.4 is 16.0 Å². The predicted molar refractivity (Wildman–Crippen MR) is 62.4 cm³/mol. The van der Waals surface area contributed by atoms with Gasteiger partial charge in [0, 0.05) is 12.6 Å². The zero-order valence-electron chi connectivity index (χ0n) is 9.87. The first-order chi connectivity index (χ1) is 8.27. The Kier molecular flexibility index (Phi) is 2.98. The van der Waals surface area contributed by atoms with E-state index in [1.54, 1.807) is 0 Å². The van der Waals surface area contributed by atoms with Gasteiger partial charge >= 0.3 is 0 Å². The normalized spacial score (nSPS) is 42.6. The van der Waals surface area contributed by atoms with Gasteiger partial charge in [-0.3, -0.25) is 14.9 Å². The molecule has 0 aliphatic carbocycles. The fraction of sp³-hybridized carbons (Fsp3) is 0.833. The lowest BCUT2D eigenvalue weighted by atomic mass is 9.85. The van der Waals surface area contributed by atoms with Crippen molar-refractivity contribution >= 4 is 11.6 Å². The molecule has 3 heterocycles. The van der Waals surface area contributed by atoms with Crippen molar-refractivity contribution in [3.8, 4) is 0 Å². The highest BCUT2D eigenvalue weighted by atomic mass is 16.2. The van der Waals surface area contributed by atoms with Crippen LogP contribution in [0.3, 0.4) is 0 Å². The first-order valence-corrected chi connectivity index (χ1v) is 6.55. The number of rotatable bonds is 0. The van der Waals surface area contributed by atoms with E-state index in [9.17, 15) is 9.59 Å². The van der Waals surface area contributed by atoms with Crippen molar-refractivity contribution < 1.29 is 9.59 Å². The average molecular weight is 237 g/mol. The lowest BCUT2D eigenvalue weighted by Gasteiger charge is -2.34. The molecule has 3 fully saturated rings. The molecule has 0 spiro atoms. The SMILES string of the molecule is O=C1C(=O)C2CCCNC2NC2CCNCC12. The first-order valence-electron chi connectivity index (χ1n) is 6.55. The molecule has 4 atom stereocenters. The Morgan fingerprint density at radius 3 is 2.71 bits per heavy atom. The summed E-state index contributed by atoms with van der Waals surface area (Å²) in [4.78, 5) is 24.4. The minimum Gasteiger partial charge on any atom is -0.316 e. The summed E-state index contributed by atoms with van der Waals surface area (Å²) in [5, 5.41) is 10.0. The number of carbonyl (C=O) groups is 2. The maximum absolute atomic E-state index is 12.2. The molecule has 5 nitrogen and oxygen atoms in total. The molecule has 3 N–H and O–H groups in total. The number of hydrogen-bond acceptors (Lipinski definition) is 5. The zero-order chi connectivity index (χ0) is 11.8. The molecular weight excluding hydrogens is 218 g/mol. The molecule has 0 bridgehead atoms. The second-order valence-electron chi connectivity index (χ2n) is 5.28. The monoisotopic (exact) mass is 237 g/mol. The van der Waals surface area contributed by atoms with E-state index in [1.165, 1.54) is 0 Å². The quantitative estimate of drug-likeness (QED) is 0.473. The number of carbonyl (C=O) groups excluding carboxylic acids is 2. The Hall–Kier alpha value is -0.780. The molecule has 0 radical (unpaired) electrons. The van der Waals surface area contributed by atoms with Crippen LogP contribution in [0.15, 0.2) is 0 Å². The van der Waals surface area contributed by atoms with Crippen LogP contribution >= 0.6 is 0 Å². The van der Waals surface area contributed by atoms with Crippen molar-refractivity contribution in [2.45, 2.75) is 31.5 Å². The number of hydrogen-bond donors (Lipinski definition) is 3. The molecule has 94 valence electrons. The Bertz CT molecular complexity index is 313. The molecule has 0 aromatic heterocycles. The summed E-state index contributed by atoms with van der Waals surface area (Å²) in [6, 6.07) is 0.160. The van der Waals surface area contributed by atoms with E-state index in [4.69, 9.17) is 0 Å². The van der Waals surface area contributed by atoms with E-state index in [1.807, 2.05) is 0 Å². The maximum atomic E-state index is 12.2. The third-order valence-electron chi connectivity index (χ3n) is 4.25. The Morgan fingerprint density at radius 2 is 1.82 bits per heavy atom. The first kappa shape index (κ1) is 11.3. The van der Waals surface area contributed by atoms with Crippen LogP contribution in [0.2, 0.25) is 0 Å². The third kappa shape index (κ3) is 1.92. The van der Waals surface area contributed by atoms with Gasteiger partial charge in [-0.1, -0.05) is 0 Å². The van der Waals surface area contributed by atoms with Crippen molar-refractivity contribution in [3.63, 3.8) is 0 Å². The highest BCUT2D eigenvalue weighted by Crippen LogP contribution is 2.25. The summed E-state index contributed by atoms with van der Waals surface area (Å²) in [5.74, 6) is -0.637. The van der Waals surface area contributed by atoms with E-state index >= 15 is 0 Å². The van der Waals surface area contributed by atoms with Crippen molar-refractivity contribution in [1.29, 1.82) is 0 Å². The van der Waals surface area contributed by atoms with Crippen molar-refractivity contribution in [2.75, 3.05) is 19.6 Å². The molecule has 3 aliphatic rings. The molecule has 3 rings (SSSR count). The largest absolute Gasteiger partial charge is 0.316 e. The van der Waals surface area contributed by atoms with E-state index in [0.29, 0.717) is 6.54 Å². The lowest BCUT2D eigenvalue weighted by Crippen LogP contribution is -2.57. The van der Waals surface area contributed by atoms with E-state index in [2.05, 4.69) is 16.0 Å². The van der Waals surface area contributed by atoms with Gasteiger partial charge in [0.15, 0.2) is 0 Å². The Labute approximate surface area is 101 Å². The fourth-order valence-electron chi connectivity index (χ4n) is 3.28. The number of nitrogens with one attached hydrogen (secondary N) is 3. The van der Waals surface area contributed by atoms with Crippen LogP contribution in [0, 0.1) is 11.8 Å². The summed E-state index contributed by atoms with van der Waals surface area (Å²) in [7, 11) is 0. The average Bonchev–Trinajstić information content (AvgIpc) is 2.48. The van der Waals surface area contributed by atoms with Crippen molar-refractivity contribution in [3.05, 3.63) is 0 Å². The number of Topliss-reactive ketones (excluding diaryl/α,β-unsaturated/α-hetero) is 2. The van der Waals surface area contributed by atoms with Gasteiger partial charge in [0.2, 0.25) is 11.6 Å². The van der Waals surface area contributed by atoms with E-state index < -0.39 is 0 Å².